The molecule has 2 amide bonds. The summed E-state index contributed by atoms with van der Waals surface area (Å²) in [4.78, 5) is 42.8. The van der Waals surface area contributed by atoms with Gasteiger partial charge in [-0.05, 0) is 42.7 Å². The largest absolute Gasteiger partial charge is 0.348 e. The zero-order chi connectivity index (χ0) is 19.7. The van der Waals surface area contributed by atoms with Gasteiger partial charge in [-0.3, -0.25) is 18.8 Å². The van der Waals surface area contributed by atoms with E-state index in [9.17, 15) is 14.4 Å². The van der Waals surface area contributed by atoms with E-state index in [0.29, 0.717) is 12.1 Å². The fourth-order valence-corrected chi connectivity index (χ4v) is 3.33. The van der Waals surface area contributed by atoms with Crippen LogP contribution in [0.1, 0.15) is 34.3 Å². The smallest absolute Gasteiger partial charge is 0.270 e. The molecule has 1 N–H and O–H groups in total. The van der Waals surface area contributed by atoms with Gasteiger partial charge < -0.3 is 10.2 Å². The van der Waals surface area contributed by atoms with Gasteiger partial charge in [-0.2, -0.15) is 0 Å². The van der Waals surface area contributed by atoms with Crippen LogP contribution in [0.25, 0.3) is 5.65 Å². The van der Waals surface area contributed by atoms with Crippen LogP contribution < -0.4 is 15.8 Å². The average molecular weight is 376 g/mol. The Balaban J connectivity index is 1.47. The lowest BCUT2D eigenvalue weighted by Gasteiger charge is -2.16. The molecule has 1 fully saturated rings. The number of amides is 2. The molecule has 0 aliphatic carbocycles. The van der Waals surface area contributed by atoms with Crippen LogP contribution in [-0.2, 0) is 11.3 Å². The molecule has 1 aromatic carbocycles. The van der Waals surface area contributed by atoms with Crippen molar-refractivity contribution in [3.8, 4) is 0 Å². The number of nitrogens with one attached hydrogen (secondary N) is 1. The SMILES string of the molecule is Cc1ccc2ncc(C(=O)NCc3ccc(N4CCCC4=O)cc3)c(=O)n2c1. The minimum absolute atomic E-state index is 0.00221. The highest BCUT2D eigenvalue weighted by molar-refractivity contribution is 5.95. The van der Waals surface area contributed by atoms with E-state index in [4.69, 9.17) is 0 Å². The Bertz CT molecular complexity index is 1120. The zero-order valence-electron chi connectivity index (χ0n) is 15.5. The van der Waals surface area contributed by atoms with Crippen molar-refractivity contribution in [3.05, 3.63) is 75.8 Å². The second-order valence-electron chi connectivity index (χ2n) is 6.91. The molecule has 1 aliphatic rings. The average Bonchev–Trinajstić information content (AvgIpc) is 3.13. The third-order valence-electron chi connectivity index (χ3n) is 4.87. The maximum atomic E-state index is 12.6. The van der Waals surface area contributed by atoms with Gasteiger partial charge in [0.1, 0.15) is 11.2 Å². The lowest BCUT2D eigenvalue weighted by Crippen LogP contribution is -2.31. The molecule has 1 saturated heterocycles. The van der Waals surface area contributed by atoms with E-state index >= 15 is 0 Å². The third kappa shape index (κ3) is 3.38. The summed E-state index contributed by atoms with van der Waals surface area (Å²) in [7, 11) is 0. The van der Waals surface area contributed by atoms with E-state index in [1.807, 2.05) is 37.3 Å². The van der Waals surface area contributed by atoms with Crippen LogP contribution in [-0.4, -0.2) is 27.7 Å². The molecule has 0 unspecified atom stereocenters. The highest BCUT2D eigenvalue weighted by Gasteiger charge is 2.21. The van der Waals surface area contributed by atoms with Crippen LogP contribution in [0.15, 0.2) is 53.6 Å². The molecule has 7 heteroatoms. The molecule has 0 atom stereocenters. The number of rotatable bonds is 4. The number of nitrogens with zero attached hydrogens (tertiary/aromatic N) is 3. The maximum absolute atomic E-state index is 12.6. The van der Waals surface area contributed by atoms with Crippen LogP contribution in [0.5, 0.6) is 0 Å². The minimum Gasteiger partial charge on any atom is -0.348 e. The van der Waals surface area contributed by atoms with Gasteiger partial charge in [-0.1, -0.05) is 18.2 Å². The summed E-state index contributed by atoms with van der Waals surface area (Å²) in [6, 6.07) is 11.1. The summed E-state index contributed by atoms with van der Waals surface area (Å²) in [6.45, 7) is 2.90. The van der Waals surface area contributed by atoms with E-state index in [-0.39, 0.29) is 18.0 Å². The Morgan fingerprint density at radius 3 is 2.64 bits per heavy atom. The zero-order valence-corrected chi connectivity index (χ0v) is 15.5. The quantitative estimate of drug-likeness (QED) is 0.755. The Hall–Kier alpha value is -3.48. The molecule has 2 aromatic heterocycles. The van der Waals surface area contributed by atoms with Crippen LogP contribution in [0, 0.1) is 6.92 Å². The second kappa shape index (κ2) is 7.26. The van der Waals surface area contributed by atoms with Crippen LogP contribution in [0.3, 0.4) is 0 Å². The van der Waals surface area contributed by atoms with Gasteiger partial charge in [-0.25, -0.2) is 4.98 Å². The molecular weight excluding hydrogens is 356 g/mol. The number of pyridine rings is 1. The number of hydrogen-bond acceptors (Lipinski definition) is 4. The van der Waals surface area contributed by atoms with Crippen molar-refractivity contribution < 1.29 is 9.59 Å². The van der Waals surface area contributed by atoms with Crippen LogP contribution in [0.4, 0.5) is 5.69 Å². The molecule has 0 bridgehead atoms. The lowest BCUT2D eigenvalue weighted by molar-refractivity contribution is -0.117. The molecule has 1 aliphatic heterocycles. The summed E-state index contributed by atoms with van der Waals surface area (Å²) in [5.74, 6) is -0.326. The summed E-state index contributed by atoms with van der Waals surface area (Å²) in [5.41, 5.74) is 2.76. The van der Waals surface area contributed by atoms with Gasteiger partial charge >= 0.3 is 0 Å². The number of carbonyl (C=O) groups excluding carboxylic acids is 2. The Morgan fingerprint density at radius 2 is 1.93 bits per heavy atom. The van der Waals surface area contributed by atoms with Crippen molar-refractivity contribution >= 4 is 23.1 Å². The highest BCUT2D eigenvalue weighted by Crippen LogP contribution is 2.21. The standard InChI is InChI=1S/C21H20N4O3/c1-14-4-9-18-22-12-17(21(28)25(18)13-14)20(27)23-11-15-5-7-16(8-6-15)24-10-2-3-19(24)26/h4-9,12-13H,2-3,10-11H2,1H3,(H,23,27). The number of benzene rings is 1. The van der Waals surface area contributed by atoms with Crippen LogP contribution in [0.2, 0.25) is 0 Å². The first kappa shape index (κ1) is 17.9. The van der Waals surface area contributed by atoms with Gasteiger partial charge in [0.05, 0.1) is 0 Å². The van der Waals surface area contributed by atoms with Gasteiger partial charge in [-0.15, -0.1) is 0 Å². The molecular formula is C21H20N4O3. The van der Waals surface area contributed by atoms with E-state index in [1.165, 1.54) is 10.6 Å². The summed E-state index contributed by atoms with van der Waals surface area (Å²) < 4.78 is 1.38. The van der Waals surface area contributed by atoms with Crippen molar-refractivity contribution in [3.63, 3.8) is 0 Å². The molecule has 0 radical (unpaired) electrons. The van der Waals surface area contributed by atoms with Gasteiger partial charge in [0.15, 0.2) is 0 Å². The van der Waals surface area contributed by atoms with Crippen molar-refractivity contribution in [1.82, 2.24) is 14.7 Å². The number of fused-ring (bicyclic) bond motifs is 1. The monoisotopic (exact) mass is 376 g/mol. The Labute approximate surface area is 161 Å². The number of anilines is 1. The summed E-state index contributed by atoms with van der Waals surface area (Å²) >= 11 is 0. The fourth-order valence-electron chi connectivity index (χ4n) is 3.33. The first-order valence-electron chi connectivity index (χ1n) is 9.18. The minimum atomic E-state index is -0.466. The van der Waals surface area contributed by atoms with E-state index in [1.54, 1.807) is 17.2 Å². The Kier molecular flexibility index (Phi) is 4.65. The summed E-state index contributed by atoms with van der Waals surface area (Å²) in [5, 5.41) is 2.76. The number of aromatic nitrogens is 2. The second-order valence-corrected chi connectivity index (χ2v) is 6.91. The lowest BCUT2D eigenvalue weighted by atomic mass is 10.2. The molecule has 4 rings (SSSR count). The van der Waals surface area contributed by atoms with Gasteiger partial charge in [0, 0.05) is 37.6 Å². The fraction of sp³-hybridized carbons (Fsp3) is 0.238. The number of aryl methyl sites for hydroxylation is 1. The van der Waals surface area contributed by atoms with E-state index in [0.717, 1.165) is 29.8 Å². The predicted octanol–water partition coefficient (Wildman–Crippen LogP) is 2.06. The molecule has 3 heterocycles. The van der Waals surface area contributed by atoms with E-state index < -0.39 is 11.5 Å². The first-order chi connectivity index (χ1) is 13.5. The summed E-state index contributed by atoms with van der Waals surface area (Å²) in [6.07, 6.45) is 4.45. The molecule has 7 nitrogen and oxygen atoms in total. The maximum Gasteiger partial charge on any atom is 0.270 e. The van der Waals surface area contributed by atoms with Crippen molar-refractivity contribution in [2.24, 2.45) is 0 Å². The first-order valence-corrected chi connectivity index (χ1v) is 9.18. The molecule has 0 saturated carbocycles. The van der Waals surface area contributed by atoms with Gasteiger partial charge in [0.25, 0.3) is 11.5 Å². The van der Waals surface area contributed by atoms with Crippen molar-refractivity contribution in [2.75, 3.05) is 11.4 Å². The Morgan fingerprint density at radius 1 is 1.14 bits per heavy atom. The third-order valence-corrected chi connectivity index (χ3v) is 4.87. The predicted molar refractivity (Wildman–Crippen MR) is 105 cm³/mol. The molecule has 3 aromatic rings. The van der Waals surface area contributed by atoms with E-state index in [2.05, 4.69) is 10.3 Å². The molecule has 0 spiro atoms. The van der Waals surface area contributed by atoms with Gasteiger partial charge in [0.2, 0.25) is 5.91 Å². The normalized spacial score (nSPS) is 13.9. The number of hydrogen-bond donors (Lipinski definition) is 1. The number of carbonyl (C=O) groups is 2. The highest BCUT2D eigenvalue weighted by atomic mass is 16.2. The topological polar surface area (TPSA) is 83.8 Å². The van der Waals surface area contributed by atoms with Crippen molar-refractivity contribution in [2.45, 2.75) is 26.3 Å². The van der Waals surface area contributed by atoms with Crippen LogP contribution >= 0.6 is 0 Å². The molecule has 28 heavy (non-hydrogen) atoms. The molecule has 142 valence electrons. The van der Waals surface area contributed by atoms with Crippen molar-refractivity contribution in [1.29, 1.82) is 0 Å².